The summed E-state index contributed by atoms with van der Waals surface area (Å²) in [7, 11) is 1.19. The molecule has 1 aromatic heterocycles. The molecule has 1 aromatic carbocycles. The monoisotopic (exact) mass is 290 g/mol. The molecule has 0 aliphatic carbocycles. The molecule has 0 amide bonds. The number of esters is 1. The van der Waals surface area contributed by atoms with Gasteiger partial charge in [-0.2, -0.15) is 0 Å². The normalized spacial score (nSPS) is 10.6. The van der Waals surface area contributed by atoms with Crippen LogP contribution in [0, 0.1) is 6.92 Å². The van der Waals surface area contributed by atoms with Crippen LogP contribution in [-0.2, 0) is 20.7 Å². The van der Waals surface area contributed by atoms with E-state index in [-0.39, 0.29) is 35.4 Å². The highest BCUT2D eigenvalue weighted by molar-refractivity contribution is 5.96. The summed E-state index contributed by atoms with van der Waals surface area (Å²) in [5.74, 6) is -0.939. The Hall–Kier alpha value is -2.63. The zero-order valence-electron chi connectivity index (χ0n) is 11.6. The quantitative estimate of drug-likeness (QED) is 0.677. The molecular formula is C15H14O6. The minimum atomic E-state index is -0.642. The maximum atomic E-state index is 12.0. The fourth-order valence-corrected chi connectivity index (χ4v) is 2.10. The van der Waals surface area contributed by atoms with E-state index < -0.39 is 11.8 Å². The van der Waals surface area contributed by atoms with Gasteiger partial charge in [0.1, 0.15) is 23.5 Å². The van der Waals surface area contributed by atoms with Crippen molar-refractivity contribution in [1.29, 1.82) is 0 Å². The van der Waals surface area contributed by atoms with Crippen LogP contribution in [-0.4, -0.2) is 24.0 Å². The van der Waals surface area contributed by atoms with Gasteiger partial charge in [0.2, 0.25) is 0 Å². The van der Waals surface area contributed by atoms with Crippen LogP contribution in [0.15, 0.2) is 27.4 Å². The predicted molar refractivity (Wildman–Crippen MR) is 74.2 cm³/mol. The van der Waals surface area contributed by atoms with Crippen molar-refractivity contribution in [2.45, 2.75) is 19.8 Å². The van der Waals surface area contributed by atoms with Gasteiger partial charge >= 0.3 is 5.97 Å². The first kappa shape index (κ1) is 14.8. The Morgan fingerprint density at radius 1 is 1.29 bits per heavy atom. The first-order valence-electron chi connectivity index (χ1n) is 6.25. The number of aromatic hydroxyl groups is 1. The molecule has 0 spiro atoms. The Morgan fingerprint density at radius 2 is 2.00 bits per heavy atom. The van der Waals surface area contributed by atoms with E-state index in [9.17, 15) is 19.5 Å². The minimum Gasteiger partial charge on any atom is -0.508 e. The number of hydrogen-bond acceptors (Lipinski definition) is 6. The molecule has 0 aliphatic heterocycles. The number of carbonyl (C=O) groups excluding carboxylic acids is 2. The van der Waals surface area contributed by atoms with Crippen LogP contribution in [0.5, 0.6) is 5.75 Å². The van der Waals surface area contributed by atoms with Crippen LogP contribution in [0.4, 0.5) is 0 Å². The summed E-state index contributed by atoms with van der Waals surface area (Å²) in [6.07, 6.45) is -0.563. The molecule has 0 bridgehead atoms. The van der Waals surface area contributed by atoms with Crippen LogP contribution in [0.25, 0.3) is 11.0 Å². The second-order valence-corrected chi connectivity index (χ2v) is 4.68. The van der Waals surface area contributed by atoms with Gasteiger partial charge in [-0.15, -0.1) is 0 Å². The fourth-order valence-electron chi connectivity index (χ4n) is 2.10. The highest BCUT2D eigenvalue weighted by atomic mass is 16.5. The van der Waals surface area contributed by atoms with Gasteiger partial charge < -0.3 is 14.3 Å². The van der Waals surface area contributed by atoms with Crippen LogP contribution in [0.1, 0.15) is 17.7 Å². The van der Waals surface area contributed by atoms with E-state index >= 15 is 0 Å². The third kappa shape index (κ3) is 3.28. The molecule has 0 unspecified atom stereocenters. The molecule has 6 heteroatoms. The average molecular weight is 290 g/mol. The van der Waals surface area contributed by atoms with Gasteiger partial charge in [0.05, 0.1) is 18.9 Å². The summed E-state index contributed by atoms with van der Waals surface area (Å²) in [5.41, 5.74) is 0.502. The number of methoxy groups -OCH3 is 1. The average Bonchev–Trinajstić information content (AvgIpc) is 2.36. The molecule has 0 atom stereocenters. The number of Topliss-reactive ketones (excluding diaryl/α,β-unsaturated/α-hetero) is 1. The minimum absolute atomic E-state index is 0.0267. The number of phenols is 1. The number of fused-ring (bicyclic) bond motifs is 1. The molecule has 0 fully saturated rings. The zero-order chi connectivity index (χ0) is 15.6. The Morgan fingerprint density at radius 3 is 2.67 bits per heavy atom. The zero-order valence-corrected chi connectivity index (χ0v) is 11.6. The summed E-state index contributed by atoms with van der Waals surface area (Å²) >= 11 is 0. The van der Waals surface area contributed by atoms with Crippen LogP contribution < -0.4 is 5.43 Å². The highest BCUT2D eigenvalue weighted by Gasteiger charge is 2.14. The van der Waals surface area contributed by atoms with Gasteiger partial charge in [0, 0.05) is 12.1 Å². The predicted octanol–water partition coefficient (Wildman–Crippen LogP) is 1.48. The van der Waals surface area contributed by atoms with Crippen molar-refractivity contribution in [3.8, 4) is 5.75 Å². The largest absolute Gasteiger partial charge is 0.508 e. The summed E-state index contributed by atoms with van der Waals surface area (Å²) in [6.45, 7) is 1.68. The SMILES string of the molecule is COC(=O)CC(=O)Cc1cc(=O)c2c(C)cc(O)cc2o1. The van der Waals surface area contributed by atoms with Gasteiger partial charge in [-0.1, -0.05) is 0 Å². The van der Waals surface area contributed by atoms with Crippen molar-refractivity contribution in [2.24, 2.45) is 0 Å². The third-order valence-corrected chi connectivity index (χ3v) is 3.00. The van der Waals surface area contributed by atoms with Crippen LogP contribution >= 0.6 is 0 Å². The van der Waals surface area contributed by atoms with E-state index in [4.69, 9.17) is 4.42 Å². The van der Waals surface area contributed by atoms with Crippen molar-refractivity contribution in [1.82, 2.24) is 0 Å². The Balaban J connectivity index is 2.37. The maximum Gasteiger partial charge on any atom is 0.313 e. The van der Waals surface area contributed by atoms with Crippen molar-refractivity contribution in [3.05, 3.63) is 39.7 Å². The molecule has 0 saturated heterocycles. The summed E-state index contributed by atoms with van der Waals surface area (Å²) in [6, 6.07) is 4.00. The Kier molecular flexibility index (Phi) is 4.07. The van der Waals surface area contributed by atoms with E-state index in [0.717, 1.165) is 0 Å². The number of phenolic OH excluding ortho intramolecular Hbond substituents is 1. The summed E-state index contributed by atoms with van der Waals surface area (Å²) < 4.78 is 9.86. The lowest BCUT2D eigenvalue weighted by Gasteiger charge is -2.05. The number of rotatable bonds is 4. The second kappa shape index (κ2) is 5.78. The summed E-state index contributed by atoms with van der Waals surface area (Å²) in [4.78, 5) is 34.7. The van der Waals surface area contributed by atoms with E-state index in [0.29, 0.717) is 10.9 Å². The molecule has 1 N–H and O–H groups in total. The third-order valence-electron chi connectivity index (χ3n) is 3.00. The highest BCUT2D eigenvalue weighted by Crippen LogP contribution is 2.22. The van der Waals surface area contributed by atoms with E-state index in [1.807, 2.05) is 0 Å². The van der Waals surface area contributed by atoms with Gasteiger partial charge in [-0.25, -0.2) is 0 Å². The Bertz CT molecular complexity index is 772. The first-order valence-corrected chi connectivity index (χ1v) is 6.25. The molecule has 0 aliphatic rings. The topological polar surface area (TPSA) is 93.8 Å². The van der Waals surface area contributed by atoms with Crippen molar-refractivity contribution in [3.63, 3.8) is 0 Å². The molecular weight excluding hydrogens is 276 g/mol. The van der Waals surface area contributed by atoms with Crippen LogP contribution in [0.3, 0.4) is 0 Å². The maximum absolute atomic E-state index is 12.0. The second-order valence-electron chi connectivity index (χ2n) is 4.68. The Labute approximate surface area is 119 Å². The lowest BCUT2D eigenvalue weighted by Crippen LogP contribution is -2.13. The van der Waals surface area contributed by atoms with E-state index in [2.05, 4.69) is 4.74 Å². The molecule has 0 saturated carbocycles. The first-order chi connectivity index (χ1) is 9.90. The van der Waals surface area contributed by atoms with Crippen LogP contribution in [0.2, 0.25) is 0 Å². The van der Waals surface area contributed by atoms with Gasteiger partial charge in [-0.05, 0) is 18.6 Å². The van der Waals surface area contributed by atoms with E-state index in [1.165, 1.54) is 25.3 Å². The molecule has 2 aromatic rings. The van der Waals surface area contributed by atoms with Crippen molar-refractivity contribution < 1.29 is 23.8 Å². The summed E-state index contributed by atoms with van der Waals surface area (Å²) in [5, 5.41) is 9.89. The number of benzene rings is 1. The van der Waals surface area contributed by atoms with Gasteiger partial charge in [0.15, 0.2) is 11.2 Å². The molecule has 1 heterocycles. The molecule has 21 heavy (non-hydrogen) atoms. The van der Waals surface area contributed by atoms with Crippen molar-refractivity contribution >= 4 is 22.7 Å². The standard InChI is InChI=1S/C15H14O6/c1-8-3-9(16)5-13-15(8)12(18)7-11(21-13)4-10(17)6-14(19)20-2/h3,5,7,16H,4,6H2,1-2H3. The number of ether oxygens (including phenoxy) is 1. The molecule has 110 valence electrons. The number of hydrogen-bond donors (Lipinski definition) is 1. The molecule has 6 nitrogen and oxygen atoms in total. The number of aryl methyl sites for hydroxylation is 1. The number of carbonyl (C=O) groups is 2. The number of ketones is 1. The van der Waals surface area contributed by atoms with Gasteiger partial charge in [0.25, 0.3) is 0 Å². The fraction of sp³-hybridized carbons (Fsp3) is 0.267. The van der Waals surface area contributed by atoms with Crippen molar-refractivity contribution in [2.75, 3.05) is 7.11 Å². The smallest absolute Gasteiger partial charge is 0.313 e. The lowest BCUT2D eigenvalue weighted by molar-refractivity contribution is -0.143. The van der Waals surface area contributed by atoms with Gasteiger partial charge in [-0.3, -0.25) is 14.4 Å². The van der Waals surface area contributed by atoms with E-state index in [1.54, 1.807) is 6.92 Å². The molecule has 2 rings (SSSR count). The lowest BCUT2D eigenvalue weighted by atomic mass is 10.1. The molecule has 0 radical (unpaired) electrons.